The summed E-state index contributed by atoms with van der Waals surface area (Å²) in [6, 6.07) is 7.64. The number of piperidine rings is 1. The Morgan fingerprint density at radius 3 is 2.77 bits per heavy atom. The molecule has 35 heavy (non-hydrogen) atoms. The number of para-hydroxylation sites is 1. The third-order valence-corrected chi connectivity index (χ3v) is 9.50. The van der Waals surface area contributed by atoms with E-state index in [2.05, 4.69) is 9.88 Å². The summed E-state index contributed by atoms with van der Waals surface area (Å²) < 4.78 is 48.1. The van der Waals surface area contributed by atoms with Gasteiger partial charge < -0.3 is 19.9 Å². The number of aromatic hydroxyl groups is 1. The maximum absolute atomic E-state index is 13.9. The predicted molar refractivity (Wildman–Crippen MR) is 122 cm³/mol. The number of fused-ring (bicyclic) bond motifs is 4. The van der Waals surface area contributed by atoms with Gasteiger partial charge in [0.2, 0.25) is 0 Å². The van der Waals surface area contributed by atoms with Gasteiger partial charge in [0.05, 0.1) is 27.8 Å². The number of H-pyrrole nitrogens is 1. The van der Waals surface area contributed by atoms with Gasteiger partial charge in [0, 0.05) is 30.0 Å². The number of halogens is 3. The van der Waals surface area contributed by atoms with Gasteiger partial charge in [0.25, 0.3) is 0 Å². The van der Waals surface area contributed by atoms with Crippen LogP contribution in [0.15, 0.2) is 30.3 Å². The average Bonchev–Trinajstić information content (AvgIpc) is 3.44. The predicted octanol–water partition coefficient (Wildman–Crippen LogP) is 4.59. The molecule has 0 amide bonds. The molecule has 2 aromatic carbocycles. The lowest BCUT2D eigenvalue weighted by molar-refractivity contribution is -0.173. The molecule has 5 nitrogen and oxygen atoms in total. The summed E-state index contributed by atoms with van der Waals surface area (Å²) in [5, 5.41) is 23.9. The fourth-order valence-electron chi connectivity index (χ4n) is 7.88. The molecule has 3 heterocycles. The van der Waals surface area contributed by atoms with Gasteiger partial charge in [-0.25, -0.2) is 0 Å². The lowest BCUT2D eigenvalue weighted by Crippen LogP contribution is -2.74. The highest BCUT2D eigenvalue weighted by atomic mass is 19.4. The lowest BCUT2D eigenvalue weighted by Gasteiger charge is -2.62. The number of nitrogens with zero attached hydrogens (tertiary/aromatic N) is 1. The first-order valence-electron chi connectivity index (χ1n) is 12.4. The van der Waals surface area contributed by atoms with Gasteiger partial charge in [-0.05, 0) is 61.4 Å². The fraction of sp³-hybridized carbons (Fsp3) is 0.481. The van der Waals surface area contributed by atoms with Crippen molar-refractivity contribution in [3.8, 4) is 11.5 Å². The Balaban J connectivity index is 1.41. The van der Waals surface area contributed by atoms with Crippen molar-refractivity contribution in [2.24, 2.45) is 5.92 Å². The number of alkyl halides is 3. The van der Waals surface area contributed by atoms with Crippen LogP contribution in [0.4, 0.5) is 13.2 Å². The Morgan fingerprint density at radius 2 is 2.00 bits per heavy atom. The van der Waals surface area contributed by atoms with Crippen LogP contribution in [-0.4, -0.2) is 44.8 Å². The van der Waals surface area contributed by atoms with Crippen LogP contribution in [-0.2, 0) is 24.4 Å². The molecule has 0 radical (unpaired) electrons. The van der Waals surface area contributed by atoms with Gasteiger partial charge in [0.1, 0.15) is 0 Å². The van der Waals surface area contributed by atoms with E-state index in [0.29, 0.717) is 41.2 Å². The standard InChI is InChI=1S/C27H25F3N2O3/c28-27(29,30)17-3-1-2-15-16-11-26(34)19-10-14-6-7-18(33)23-20(14)25(26,8-9-32(19)12-13-4-5-13)24(35-23)22(16)31-21(15)17/h1-3,6-7,13,19,24,31,33-34H,4-5,8-12H2. The zero-order chi connectivity index (χ0) is 23.9. The number of ether oxygens (including phenoxy) is 1. The fourth-order valence-corrected chi connectivity index (χ4v) is 7.88. The Morgan fingerprint density at radius 1 is 1.17 bits per heavy atom. The van der Waals surface area contributed by atoms with E-state index >= 15 is 0 Å². The summed E-state index contributed by atoms with van der Waals surface area (Å²) in [5.74, 6) is 1.05. The molecule has 1 saturated heterocycles. The van der Waals surface area contributed by atoms with E-state index in [1.54, 1.807) is 12.1 Å². The highest BCUT2D eigenvalue weighted by molar-refractivity contribution is 5.89. The lowest BCUT2D eigenvalue weighted by atomic mass is 9.49. The summed E-state index contributed by atoms with van der Waals surface area (Å²) in [4.78, 5) is 5.51. The molecule has 3 aromatic rings. The van der Waals surface area contributed by atoms with Gasteiger partial charge in [-0.3, -0.25) is 4.90 Å². The summed E-state index contributed by atoms with van der Waals surface area (Å²) >= 11 is 0. The van der Waals surface area contributed by atoms with E-state index in [1.165, 1.54) is 18.9 Å². The number of aromatic nitrogens is 1. The number of hydrogen-bond acceptors (Lipinski definition) is 4. The number of phenolic OH excluding ortho intramolecular Hbond substituents is 1. The Labute approximate surface area is 199 Å². The van der Waals surface area contributed by atoms with Crippen LogP contribution in [0, 0.1) is 5.92 Å². The number of aliphatic hydroxyl groups is 1. The summed E-state index contributed by atoms with van der Waals surface area (Å²) in [7, 11) is 0. The van der Waals surface area contributed by atoms with Crippen molar-refractivity contribution in [2.45, 2.75) is 61.4 Å². The summed E-state index contributed by atoms with van der Waals surface area (Å²) in [6.07, 6.45) is -1.25. The Kier molecular flexibility index (Phi) is 3.60. The van der Waals surface area contributed by atoms with Gasteiger partial charge >= 0.3 is 6.18 Å². The van der Waals surface area contributed by atoms with Crippen molar-refractivity contribution in [1.82, 2.24) is 9.88 Å². The van der Waals surface area contributed by atoms with Crippen LogP contribution < -0.4 is 4.74 Å². The number of aromatic amines is 1. The van der Waals surface area contributed by atoms with Crippen LogP contribution in [0.5, 0.6) is 11.5 Å². The Bertz CT molecular complexity index is 1430. The van der Waals surface area contributed by atoms with Gasteiger partial charge in [-0.2, -0.15) is 13.2 Å². The summed E-state index contributed by atoms with van der Waals surface area (Å²) in [5.41, 5.74) is 0.506. The number of hydrogen-bond donors (Lipinski definition) is 3. The van der Waals surface area contributed by atoms with Crippen molar-refractivity contribution in [3.05, 3.63) is 58.3 Å². The van der Waals surface area contributed by atoms with E-state index in [-0.39, 0.29) is 23.7 Å². The van der Waals surface area contributed by atoms with Gasteiger partial charge in [-0.1, -0.05) is 18.2 Å². The van der Waals surface area contributed by atoms with E-state index < -0.39 is 28.9 Å². The number of benzene rings is 2. The first kappa shape index (κ1) is 20.5. The molecular formula is C27H25F3N2O3. The molecule has 3 N–H and O–H groups in total. The molecule has 1 aromatic heterocycles. The first-order chi connectivity index (χ1) is 16.7. The zero-order valence-electron chi connectivity index (χ0n) is 19.0. The maximum atomic E-state index is 13.9. The van der Waals surface area contributed by atoms with E-state index in [0.717, 1.165) is 30.3 Å². The van der Waals surface area contributed by atoms with Crippen LogP contribution in [0.25, 0.3) is 10.9 Å². The minimum absolute atomic E-state index is 0.0161. The third-order valence-electron chi connectivity index (χ3n) is 9.50. The second-order valence-electron chi connectivity index (χ2n) is 11.2. The van der Waals surface area contributed by atoms with Crippen molar-refractivity contribution in [3.63, 3.8) is 0 Å². The highest BCUT2D eigenvalue weighted by Crippen LogP contribution is 2.69. The second-order valence-corrected chi connectivity index (χ2v) is 11.2. The average molecular weight is 483 g/mol. The third kappa shape index (κ3) is 2.33. The van der Waals surface area contributed by atoms with Crippen LogP contribution in [0.2, 0.25) is 0 Å². The maximum Gasteiger partial charge on any atom is 0.418 e. The molecule has 1 spiro atoms. The number of likely N-dealkylation sites (tertiary alicyclic amines) is 1. The molecule has 8 heteroatoms. The molecule has 5 aliphatic rings. The molecule has 182 valence electrons. The molecule has 1 saturated carbocycles. The SMILES string of the molecule is Oc1ccc2c3c1OC1c4[nH]c5c(C(F)(F)F)cccc5c4CC4(O)C(C2)N(CC2CC2)CCC314. The highest BCUT2D eigenvalue weighted by Gasteiger charge is 2.73. The monoisotopic (exact) mass is 482 g/mol. The van der Waals surface area contributed by atoms with E-state index in [4.69, 9.17) is 4.74 Å². The minimum Gasteiger partial charge on any atom is -0.504 e. The molecular weight excluding hydrogens is 457 g/mol. The molecule has 4 atom stereocenters. The normalized spacial score (nSPS) is 32.9. The van der Waals surface area contributed by atoms with Crippen molar-refractivity contribution in [2.75, 3.05) is 13.1 Å². The Hall–Kier alpha value is -2.71. The molecule has 8 rings (SSSR count). The quantitative estimate of drug-likeness (QED) is 0.500. The summed E-state index contributed by atoms with van der Waals surface area (Å²) in [6.45, 7) is 1.73. The minimum atomic E-state index is -4.50. The first-order valence-corrected chi connectivity index (χ1v) is 12.4. The molecule has 2 fully saturated rings. The van der Waals surface area contributed by atoms with Crippen LogP contribution in [0.1, 0.15) is 53.3 Å². The smallest absolute Gasteiger partial charge is 0.418 e. The zero-order valence-corrected chi connectivity index (χ0v) is 19.0. The molecule has 4 unspecified atom stereocenters. The van der Waals surface area contributed by atoms with Crippen molar-refractivity contribution < 1.29 is 28.1 Å². The molecule has 3 aliphatic carbocycles. The number of nitrogens with one attached hydrogen (secondary N) is 1. The van der Waals surface area contributed by atoms with E-state index in [9.17, 15) is 23.4 Å². The largest absolute Gasteiger partial charge is 0.504 e. The number of phenols is 1. The second kappa shape index (κ2) is 6.16. The molecule has 2 bridgehead atoms. The van der Waals surface area contributed by atoms with Gasteiger partial charge in [0.15, 0.2) is 17.6 Å². The van der Waals surface area contributed by atoms with E-state index in [1.807, 2.05) is 6.07 Å². The van der Waals surface area contributed by atoms with Gasteiger partial charge in [-0.15, -0.1) is 0 Å². The molecule has 2 aliphatic heterocycles. The topological polar surface area (TPSA) is 68.7 Å². The number of rotatable bonds is 2. The van der Waals surface area contributed by atoms with Crippen molar-refractivity contribution >= 4 is 10.9 Å². The van der Waals surface area contributed by atoms with Crippen LogP contribution in [0.3, 0.4) is 0 Å². The van der Waals surface area contributed by atoms with Crippen molar-refractivity contribution in [1.29, 1.82) is 0 Å². The van der Waals surface area contributed by atoms with Crippen LogP contribution >= 0.6 is 0 Å².